The van der Waals surface area contributed by atoms with Crippen molar-refractivity contribution in [3.05, 3.63) is 59.9 Å². The predicted molar refractivity (Wildman–Crippen MR) is 95.8 cm³/mol. The number of nitrogens with one attached hydrogen (secondary N) is 1. The van der Waals surface area contributed by atoms with Gasteiger partial charge >= 0.3 is 0 Å². The third-order valence-electron chi connectivity index (χ3n) is 4.98. The molecule has 1 aliphatic heterocycles. The van der Waals surface area contributed by atoms with Crippen molar-refractivity contribution in [3.63, 3.8) is 0 Å². The summed E-state index contributed by atoms with van der Waals surface area (Å²) < 4.78 is 13.9. The maximum atomic E-state index is 13.9. The molecule has 0 saturated carbocycles. The highest BCUT2D eigenvalue weighted by Gasteiger charge is 2.37. The standard InChI is InChI=1S/C20H23FN2O2/c1-20(19(25)22-16-8-5-9-17(24)18(16)21)10-12-23(13-11-20)14-15-6-3-2-4-7-15/h2-9,24H,10-14H2,1H3,(H,22,25). The SMILES string of the molecule is CC1(C(=O)Nc2cccc(O)c2F)CCN(Cc2ccccc2)CC1. The van der Waals surface area contributed by atoms with Gasteiger partial charge in [0.15, 0.2) is 11.6 Å². The highest BCUT2D eigenvalue weighted by Crippen LogP contribution is 2.34. The maximum absolute atomic E-state index is 13.9. The van der Waals surface area contributed by atoms with Crippen LogP contribution in [0.2, 0.25) is 0 Å². The lowest BCUT2D eigenvalue weighted by Crippen LogP contribution is -2.44. The predicted octanol–water partition coefficient (Wildman–Crippen LogP) is 3.77. The fourth-order valence-corrected chi connectivity index (χ4v) is 3.16. The Labute approximate surface area is 147 Å². The first-order valence-corrected chi connectivity index (χ1v) is 8.53. The molecule has 4 nitrogen and oxygen atoms in total. The molecule has 1 heterocycles. The number of carbonyl (C=O) groups is 1. The van der Waals surface area contributed by atoms with Crippen molar-refractivity contribution in [2.24, 2.45) is 5.41 Å². The number of hydrogen-bond acceptors (Lipinski definition) is 3. The number of nitrogens with zero attached hydrogens (tertiary/aromatic N) is 1. The zero-order valence-electron chi connectivity index (χ0n) is 14.3. The Hall–Kier alpha value is -2.40. The quantitative estimate of drug-likeness (QED) is 0.889. The van der Waals surface area contributed by atoms with Crippen LogP contribution >= 0.6 is 0 Å². The molecule has 1 fully saturated rings. The molecule has 1 amide bonds. The second kappa shape index (κ2) is 7.23. The van der Waals surface area contributed by atoms with E-state index in [0.29, 0.717) is 12.8 Å². The summed E-state index contributed by atoms with van der Waals surface area (Å²) in [4.78, 5) is 15.0. The minimum absolute atomic E-state index is 0.0259. The van der Waals surface area contributed by atoms with Gasteiger partial charge in [-0.2, -0.15) is 0 Å². The lowest BCUT2D eigenvalue weighted by atomic mass is 9.79. The first kappa shape index (κ1) is 17.4. The monoisotopic (exact) mass is 342 g/mol. The molecular formula is C20H23FN2O2. The minimum Gasteiger partial charge on any atom is -0.505 e. The summed E-state index contributed by atoms with van der Waals surface area (Å²) >= 11 is 0. The molecule has 0 spiro atoms. The number of rotatable bonds is 4. The van der Waals surface area contributed by atoms with Crippen molar-refractivity contribution >= 4 is 11.6 Å². The lowest BCUT2D eigenvalue weighted by molar-refractivity contribution is -0.127. The molecule has 0 atom stereocenters. The number of piperidine rings is 1. The van der Waals surface area contributed by atoms with Gasteiger partial charge < -0.3 is 10.4 Å². The van der Waals surface area contributed by atoms with Gasteiger partial charge in [0, 0.05) is 12.0 Å². The van der Waals surface area contributed by atoms with E-state index in [1.54, 1.807) is 0 Å². The zero-order valence-corrected chi connectivity index (χ0v) is 14.3. The summed E-state index contributed by atoms with van der Waals surface area (Å²) in [5.74, 6) is -1.45. The van der Waals surface area contributed by atoms with E-state index < -0.39 is 17.0 Å². The summed E-state index contributed by atoms with van der Waals surface area (Å²) in [6.45, 7) is 4.44. The molecular weight excluding hydrogens is 319 g/mol. The molecule has 2 aromatic carbocycles. The molecule has 25 heavy (non-hydrogen) atoms. The summed E-state index contributed by atoms with van der Waals surface area (Å²) in [5.41, 5.74) is 0.751. The Morgan fingerprint density at radius 3 is 2.52 bits per heavy atom. The second-order valence-electron chi connectivity index (χ2n) is 6.92. The first-order chi connectivity index (χ1) is 12.0. The van der Waals surface area contributed by atoms with Crippen LogP contribution in [-0.4, -0.2) is 29.0 Å². The first-order valence-electron chi connectivity index (χ1n) is 8.53. The average Bonchev–Trinajstić information content (AvgIpc) is 2.62. The van der Waals surface area contributed by atoms with E-state index in [2.05, 4.69) is 22.3 Å². The number of phenols is 1. The van der Waals surface area contributed by atoms with Crippen molar-refractivity contribution < 1.29 is 14.3 Å². The molecule has 1 aliphatic rings. The van der Waals surface area contributed by atoms with E-state index in [1.807, 2.05) is 25.1 Å². The Kier molecular flexibility index (Phi) is 5.04. The van der Waals surface area contributed by atoms with Crippen LogP contribution in [0.25, 0.3) is 0 Å². The number of aromatic hydroxyl groups is 1. The van der Waals surface area contributed by atoms with Crippen molar-refractivity contribution in [2.45, 2.75) is 26.3 Å². The lowest BCUT2D eigenvalue weighted by Gasteiger charge is -2.38. The summed E-state index contributed by atoms with van der Waals surface area (Å²) in [7, 11) is 0. The molecule has 0 aromatic heterocycles. The molecule has 0 bridgehead atoms. The molecule has 5 heteroatoms. The van der Waals surface area contributed by atoms with E-state index in [-0.39, 0.29) is 11.6 Å². The Bertz CT molecular complexity index is 741. The van der Waals surface area contributed by atoms with E-state index in [9.17, 15) is 14.3 Å². The Morgan fingerprint density at radius 1 is 1.16 bits per heavy atom. The Balaban J connectivity index is 1.60. The van der Waals surface area contributed by atoms with Crippen molar-refractivity contribution in [1.29, 1.82) is 0 Å². The fraction of sp³-hybridized carbons (Fsp3) is 0.350. The number of amides is 1. The largest absolute Gasteiger partial charge is 0.505 e. The maximum Gasteiger partial charge on any atom is 0.230 e. The van der Waals surface area contributed by atoms with Gasteiger partial charge in [0.05, 0.1) is 5.69 Å². The minimum atomic E-state index is -0.791. The van der Waals surface area contributed by atoms with E-state index >= 15 is 0 Å². The smallest absolute Gasteiger partial charge is 0.230 e. The third-order valence-corrected chi connectivity index (χ3v) is 4.98. The van der Waals surface area contributed by atoms with Gasteiger partial charge in [-0.15, -0.1) is 0 Å². The molecule has 0 aliphatic carbocycles. The van der Waals surface area contributed by atoms with E-state index in [1.165, 1.54) is 23.8 Å². The van der Waals surface area contributed by atoms with Crippen LogP contribution in [0.5, 0.6) is 5.75 Å². The van der Waals surface area contributed by atoms with Crippen LogP contribution in [0.1, 0.15) is 25.3 Å². The number of likely N-dealkylation sites (tertiary alicyclic amines) is 1. The highest BCUT2D eigenvalue weighted by atomic mass is 19.1. The van der Waals surface area contributed by atoms with Gasteiger partial charge in [-0.1, -0.05) is 43.3 Å². The van der Waals surface area contributed by atoms with E-state index in [0.717, 1.165) is 19.6 Å². The summed E-state index contributed by atoms with van der Waals surface area (Å²) in [5, 5.41) is 12.1. The zero-order chi connectivity index (χ0) is 17.9. The molecule has 2 N–H and O–H groups in total. The number of phenolic OH excluding ortho intramolecular Hbond substituents is 1. The number of benzene rings is 2. The van der Waals surface area contributed by atoms with Gasteiger partial charge in [0.2, 0.25) is 5.91 Å². The molecule has 132 valence electrons. The number of carbonyl (C=O) groups excluding carboxylic acids is 1. The molecule has 0 unspecified atom stereocenters. The fourth-order valence-electron chi connectivity index (χ4n) is 3.16. The number of anilines is 1. The van der Waals surface area contributed by atoms with Crippen LogP contribution in [0.15, 0.2) is 48.5 Å². The van der Waals surface area contributed by atoms with Crippen LogP contribution in [0, 0.1) is 11.2 Å². The number of hydrogen-bond donors (Lipinski definition) is 2. The van der Waals surface area contributed by atoms with Crippen LogP contribution in [0.4, 0.5) is 10.1 Å². The van der Waals surface area contributed by atoms with Crippen LogP contribution in [-0.2, 0) is 11.3 Å². The van der Waals surface area contributed by atoms with Gasteiger partial charge in [-0.25, -0.2) is 4.39 Å². The van der Waals surface area contributed by atoms with Gasteiger partial charge in [-0.3, -0.25) is 9.69 Å². The van der Waals surface area contributed by atoms with Gasteiger partial charge in [0.1, 0.15) is 0 Å². The highest BCUT2D eigenvalue weighted by molar-refractivity contribution is 5.95. The molecule has 3 rings (SSSR count). The summed E-state index contributed by atoms with van der Waals surface area (Å²) in [6.07, 6.45) is 1.43. The molecule has 1 saturated heterocycles. The normalized spacial score (nSPS) is 17.2. The van der Waals surface area contributed by atoms with Crippen molar-refractivity contribution in [3.8, 4) is 5.75 Å². The number of halogens is 1. The third kappa shape index (κ3) is 3.99. The molecule has 0 radical (unpaired) electrons. The Morgan fingerprint density at radius 2 is 1.84 bits per heavy atom. The van der Waals surface area contributed by atoms with Gasteiger partial charge in [0.25, 0.3) is 0 Å². The van der Waals surface area contributed by atoms with E-state index in [4.69, 9.17) is 0 Å². The van der Waals surface area contributed by atoms with Crippen molar-refractivity contribution in [2.75, 3.05) is 18.4 Å². The van der Waals surface area contributed by atoms with Crippen LogP contribution < -0.4 is 5.32 Å². The topological polar surface area (TPSA) is 52.6 Å². The average molecular weight is 342 g/mol. The summed E-state index contributed by atoms with van der Waals surface area (Å²) in [6, 6.07) is 14.5. The second-order valence-corrected chi connectivity index (χ2v) is 6.92. The van der Waals surface area contributed by atoms with Crippen LogP contribution in [0.3, 0.4) is 0 Å². The van der Waals surface area contributed by atoms with Gasteiger partial charge in [-0.05, 0) is 43.6 Å². The molecule has 2 aromatic rings. The van der Waals surface area contributed by atoms with Crippen molar-refractivity contribution in [1.82, 2.24) is 4.90 Å².